The van der Waals surface area contributed by atoms with Crippen LogP contribution in [0.1, 0.15) is 73.1 Å². The van der Waals surface area contributed by atoms with Gasteiger partial charge in [0.05, 0.1) is 4.87 Å². The molecular formula is C18H27ClO. The lowest BCUT2D eigenvalue weighted by atomic mass is 9.51. The Bertz CT molecular complexity index is 514. The zero-order chi connectivity index (χ0) is 15.0. The maximum absolute atomic E-state index is 12.7. The summed E-state index contributed by atoms with van der Waals surface area (Å²) in [7, 11) is 0. The predicted octanol–water partition coefficient (Wildman–Crippen LogP) is 5.27. The van der Waals surface area contributed by atoms with E-state index in [0.29, 0.717) is 12.2 Å². The molecule has 2 heteroatoms. The second kappa shape index (κ2) is 3.91. The van der Waals surface area contributed by atoms with Gasteiger partial charge in [0.25, 0.3) is 0 Å². The third-order valence-electron chi connectivity index (χ3n) is 5.42. The van der Waals surface area contributed by atoms with E-state index in [2.05, 4.69) is 34.6 Å². The molecule has 2 bridgehead atoms. The Hall–Kier alpha value is -0.300. The Labute approximate surface area is 128 Å². The average molecular weight is 295 g/mol. The SMILES string of the molecule is CC1(C)CC(=O)C2=C(C1)C[C@]1(C)CC(C)(C)C[C@]2(Cl)C1. The third-order valence-corrected chi connectivity index (χ3v) is 5.88. The predicted molar refractivity (Wildman–Crippen MR) is 84.0 cm³/mol. The van der Waals surface area contributed by atoms with E-state index in [1.165, 1.54) is 12.0 Å². The molecule has 0 saturated heterocycles. The van der Waals surface area contributed by atoms with Crippen molar-refractivity contribution in [3.05, 3.63) is 11.1 Å². The first-order chi connectivity index (χ1) is 8.94. The maximum atomic E-state index is 12.7. The molecule has 0 unspecified atom stereocenters. The van der Waals surface area contributed by atoms with Crippen LogP contribution in [0.25, 0.3) is 0 Å². The number of carbonyl (C=O) groups excluding carboxylic acids is 1. The fourth-order valence-corrected chi connectivity index (χ4v) is 6.68. The molecule has 0 aromatic carbocycles. The maximum Gasteiger partial charge on any atom is 0.161 e. The highest BCUT2D eigenvalue weighted by Crippen LogP contribution is 2.63. The summed E-state index contributed by atoms with van der Waals surface area (Å²) in [6, 6.07) is 0. The summed E-state index contributed by atoms with van der Waals surface area (Å²) in [6.07, 6.45) is 5.95. The van der Waals surface area contributed by atoms with Crippen LogP contribution in [0, 0.1) is 16.2 Å². The lowest BCUT2D eigenvalue weighted by molar-refractivity contribution is -0.119. The summed E-state index contributed by atoms with van der Waals surface area (Å²) in [5.41, 5.74) is 3.02. The van der Waals surface area contributed by atoms with Crippen molar-refractivity contribution in [1.82, 2.24) is 0 Å². The highest BCUT2D eigenvalue weighted by atomic mass is 35.5. The molecule has 20 heavy (non-hydrogen) atoms. The number of hydrogen-bond acceptors (Lipinski definition) is 1. The monoisotopic (exact) mass is 294 g/mol. The van der Waals surface area contributed by atoms with Crippen molar-refractivity contribution in [3.63, 3.8) is 0 Å². The summed E-state index contributed by atoms with van der Waals surface area (Å²) in [6.45, 7) is 11.4. The van der Waals surface area contributed by atoms with Gasteiger partial charge in [0, 0.05) is 12.0 Å². The van der Waals surface area contributed by atoms with Gasteiger partial charge in [-0.2, -0.15) is 0 Å². The molecule has 0 aromatic rings. The number of alkyl halides is 1. The molecule has 0 spiro atoms. The number of ketones is 1. The average Bonchev–Trinajstić information content (AvgIpc) is 2.05. The normalized spacial score (nSPS) is 42.4. The Morgan fingerprint density at radius 1 is 0.850 bits per heavy atom. The van der Waals surface area contributed by atoms with Crippen molar-refractivity contribution in [3.8, 4) is 0 Å². The third kappa shape index (κ3) is 2.26. The lowest BCUT2D eigenvalue weighted by Gasteiger charge is -2.56. The molecule has 112 valence electrons. The minimum Gasteiger partial charge on any atom is -0.294 e. The number of rotatable bonds is 0. The first kappa shape index (κ1) is 14.6. The van der Waals surface area contributed by atoms with Crippen molar-refractivity contribution in [2.45, 2.75) is 78.0 Å². The molecule has 0 aromatic heterocycles. The van der Waals surface area contributed by atoms with Crippen LogP contribution in [0.3, 0.4) is 0 Å². The summed E-state index contributed by atoms with van der Waals surface area (Å²) in [5.74, 6) is 0.325. The van der Waals surface area contributed by atoms with E-state index < -0.39 is 4.87 Å². The Kier molecular flexibility index (Phi) is 2.86. The van der Waals surface area contributed by atoms with Crippen LogP contribution in [0.15, 0.2) is 11.1 Å². The van der Waals surface area contributed by atoms with Crippen molar-refractivity contribution < 1.29 is 4.79 Å². The summed E-state index contributed by atoms with van der Waals surface area (Å²) in [5, 5.41) is 0. The second-order valence-corrected chi connectivity index (χ2v) is 10.3. The molecule has 2 atom stereocenters. The van der Waals surface area contributed by atoms with Crippen LogP contribution in [0.4, 0.5) is 0 Å². The van der Waals surface area contributed by atoms with E-state index in [4.69, 9.17) is 11.6 Å². The van der Waals surface area contributed by atoms with Crippen LogP contribution in [-0.4, -0.2) is 10.7 Å². The number of hydrogen-bond donors (Lipinski definition) is 0. The van der Waals surface area contributed by atoms with Gasteiger partial charge in [0.1, 0.15) is 0 Å². The van der Waals surface area contributed by atoms with Crippen molar-refractivity contribution in [2.75, 3.05) is 0 Å². The summed E-state index contributed by atoms with van der Waals surface area (Å²) < 4.78 is 0. The van der Waals surface area contributed by atoms with Gasteiger partial charge >= 0.3 is 0 Å². The van der Waals surface area contributed by atoms with E-state index in [0.717, 1.165) is 31.3 Å². The molecule has 1 fully saturated rings. The van der Waals surface area contributed by atoms with Crippen molar-refractivity contribution in [2.24, 2.45) is 16.2 Å². The zero-order valence-corrected chi connectivity index (χ0v) is 14.3. The number of halogens is 1. The van der Waals surface area contributed by atoms with E-state index >= 15 is 0 Å². The van der Waals surface area contributed by atoms with Gasteiger partial charge in [0.2, 0.25) is 0 Å². The Morgan fingerprint density at radius 3 is 2.15 bits per heavy atom. The molecule has 3 rings (SSSR count). The molecule has 0 amide bonds. The highest BCUT2D eigenvalue weighted by molar-refractivity contribution is 6.30. The molecule has 1 saturated carbocycles. The molecule has 0 radical (unpaired) electrons. The van der Waals surface area contributed by atoms with Crippen LogP contribution in [0.5, 0.6) is 0 Å². The first-order valence-corrected chi connectivity index (χ1v) is 8.26. The van der Waals surface area contributed by atoms with Gasteiger partial charge in [-0.15, -0.1) is 11.6 Å². The fraction of sp³-hybridized carbons (Fsp3) is 0.833. The van der Waals surface area contributed by atoms with E-state index in [1.54, 1.807) is 0 Å². The minimum absolute atomic E-state index is 0.112. The minimum atomic E-state index is -0.391. The quantitative estimate of drug-likeness (QED) is 0.556. The van der Waals surface area contributed by atoms with Gasteiger partial charge in [-0.25, -0.2) is 0 Å². The Balaban J connectivity index is 2.12. The molecule has 3 aliphatic rings. The zero-order valence-electron chi connectivity index (χ0n) is 13.5. The van der Waals surface area contributed by atoms with E-state index in [-0.39, 0.29) is 16.2 Å². The molecule has 0 aliphatic heterocycles. The van der Waals surface area contributed by atoms with Crippen molar-refractivity contribution in [1.29, 1.82) is 0 Å². The number of Topliss-reactive ketones (excluding diaryl/α,β-unsaturated/α-hetero) is 1. The Morgan fingerprint density at radius 2 is 1.50 bits per heavy atom. The first-order valence-electron chi connectivity index (χ1n) is 7.89. The van der Waals surface area contributed by atoms with E-state index in [9.17, 15) is 4.79 Å². The van der Waals surface area contributed by atoms with Gasteiger partial charge in [-0.1, -0.05) is 40.2 Å². The molecular weight excluding hydrogens is 268 g/mol. The summed E-state index contributed by atoms with van der Waals surface area (Å²) >= 11 is 7.06. The standard InChI is InChI=1S/C18H27ClO/c1-15(2)6-12-7-17(5)9-16(3,4)10-18(19,11-17)14(12)13(20)8-15/h6-11H2,1-5H3/t17-,18+/m1/s1. The number of carbonyl (C=O) groups is 1. The van der Waals surface area contributed by atoms with E-state index in [1.807, 2.05) is 0 Å². The molecule has 1 nitrogen and oxygen atoms in total. The van der Waals surface area contributed by atoms with Crippen LogP contribution >= 0.6 is 11.6 Å². The molecule has 3 aliphatic carbocycles. The lowest BCUT2D eigenvalue weighted by Crippen LogP contribution is -2.51. The van der Waals surface area contributed by atoms with Gasteiger partial charge < -0.3 is 0 Å². The van der Waals surface area contributed by atoms with Gasteiger partial charge in [0.15, 0.2) is 5.78 Å². The topological polar surface area (TPSA) is 17.1 Å². The fourth-order valence-electron chi connectivity index (χ4n) is 5.76. The molecule has 0 heterocycles. The van der Waals surface area contributed by atoms with Crippen LogP contribution < -0.4 is 0 Å². The smallest absolute Gasteiger partial charge is 0.161 e. The largest absolute Gasteiger partial charge is 0.294 e. The second-order valence-electron chi connectivity index (χ2n) is 9.57. The number of allylic oxidation sites excluding steroid dienone is 2. The van der Waals surface area contributed by atoms with Gasteiger partial charge in [-0.3, -0.25) is 4.79 Å². The number of fused-ring (bicyclic) bond motifs is 3. The van der Waals surface area contributed by atoms with Crippen LogP contribution in [0.2, 0.25) is 0 Å². The van der Waals surface area contributed by atoms with Crippen LogP contribution in [-0.2, 0) is 4.79 Å². The molecule has 0 N–H and O–H groups in total. The van der Waals surface area contributed by atoms with Gasteiger partial charge in [-0.05, 0) is 48.3 Å². The highest BCUT2D eigenvalue weighted by Gasteiger charge is 2.56. The van der Waals surface area contributed by atoms with Crippen molar-refractivity contribution >= 4 is 17.4 Å². The summed E-state index contributed by atoms with van der Waals surface area (Å²) in [4.78, 5) is 12.3.